The van der Waals surface area contributed by atoms with Gasteiger partial charge in [0, 0.05) is 16.1 Å². The van der Waals surface area contributed by atoms with Crippen LogP contribution in [-0.4, -0.2) is 6.54 Å². The van der Waals surface area contributed by atoms with E-state index in [4.69, 9.17) is 0 Å². The lowest BCUT2D eigenvalue weighted by Gasteiger charge is -2.20. The predicted octanol–water partition coefficient (Wildman–Crippen LogP) is 4.60. The van der Waals surface area contributed by atoms with Crippen LogP contribution in [0.3, 0.4) is 0 Å². The second kappa shape index (κ2) is 7.62. The van der Waals surface area contributed by atoms with E-state index >= 15 is 0 Å². The molecular weight excluding hydrogens is 281 g/mol. The van der Waals surface area contributed by atoms with E-state index in [9.17, 15) is 4.39 Å². The van der Waals surface area contributed by atoms with E-state index in [1.54, 1.807) is 6.07 Å². The summed E-state index contributed by atoms with van der Waals surface area (Å²) in [5.74, 6) is -0.156. The maximum Gasteiger partial charge on any atom is 0.129 e. The molecule has 0 aliphatic heterocycles. The van der Waals surface area contributed by atoms with Crippen molar-refractivity contribution >= 4 is 15.9 Å². The summed E-state index contributed by atoms with van der Waals surface area (Å²) in [6.07, 6.45) is 4.65. The van der Waals surface area contributed by atoms with Gasteiger partial charge in [0.2, 0.25) is 0 Å². The Kier molecular flexibility index (Phi) is 6.45. The highest BCUT2D eigenvalue weighted by Crippen LogP contribution is 2.29. The molecule has 1 aromatic rings. The minimum Gasteiger partial charge on any atom is -0.310 e. The van der Waals surface area contributed by atoms with Crippen LogP contribution in [0.25, 0.3) is 0 Å². The van der Waals surface area contributed by atoms with E-state index in [1.165, 1.54) is 6.07 Å². The molecule has 17 heavy (non-hydrogen) atoms. The Morgan fingerprint density at radius 3 is 2.88 bits per heavy atom. The Balaban J connectivity index is 2.90. The van der Waals surface area contributed by atoms with Crippen LogP contribution >= 0.6 is 15.9 Å². The third-order valence-electron chi connectivity index (χ3n) is 2.65. The molecule has 1 nitrogen and oxygen atoms in total. The molecule has 1 atom stereocenters. The van der Waals surface area contributed by atoms with Gasteiger partial charge in [-0.15, -0.1) is 6.58 Å². The van der Waals surface area contributed by atoms with Crippen molar-refractivity contribution in [2.24, 2.45) is 0 Å². The molecule has 0 heterocycles. The lowest BCUT2D eigenvalue weighted by molar-refractivity contribution is 0.474. The first-order valence-electron chi connectivity index (χ1n) is 5.98. The van der Waals surface area contributed by atoms with E-state index < -0.39 is 0 Å². The zero-order valence-electron chi connectivity index (χ0n) is 10.2. The van der Waals surface area contributed by atoms with E-state index in [1.807, 2.05) is 12.1 Å². The molecule has 0 amide bonds. The van der Waals surface area contributed by atoms with Crippen LogP contribution in [0, 0.1) is 5.82 Å². The number of hydrogen-bond donors (Lipinski definition) is 1. The molecule has 0 aliphatic rings. The summed E-state index contributed by atoms with van der Waals surface area (Å²) in [7, 11) is 0. The number of hydrogen-bond acceptors (Lipinski definition) is 1. The first kappa shape index (κ1) is 14.4. The molecule has 0 saturated carbocycles. The molecule has 0 saturated heterocycles. The quantitative estimate of drug-likeness (QED) is 0.726. The monoisotopic (exact) mass is 299 g/mol. The summed E-state index contributed by atoms with van der Waals surface area (Å²) in [5.41, 5.74) is 0.725. The molecule has 94 valence electrons. The fraction of sp³-hybridized carbons (Fsp3) is 0.429. The molecule has 3 heteroatoms. The fourth-order valence-corrected chi connectivity index (χ4v) is 2.41. The highest BCUT2D eigenvalue weighted by molar-refractivity contribution is 9.10. The maximum absolute atomic E-state index is 13.9. The molecule has 1 N–H and O–H groups in total. The van der Waals surface area contributed by atoms with Crippen molar-refractivity contribution < 1.29 is 4.39 Å². The third kappa shape index (κ3) is 4.25. The fourth-order valence-electron chi connectivity index (χ4n) is 1.80. The molecule has 1 unspecified atom stereocenters. The Morgan fingerprint density at radius 2 is 2.29 bits per heavy atom. The van der Waals surface area contributed by atoms with Crippen molar-refractivity contribution in [2.75, 3.05) is 6.54 Å². The number of allylic oxidation sites excluding steroid dienone is 1. The minimum absolute atomic E-state index is 0.0449. The van der Waals surface area contributed by atoms with E-state index in [2.05, 4.69) is 34.7 Å². The maximum atomic E-state index is 13.9. The Hall–Kier alpha value is -0.670. The number of halogens is 2. The molecular formula is C14H19BrFN. The second-order valence-corrected chi connectivity index (χ2v) is 4.86. The van der Waals surface area contributed by atoms with Crippen molar-refractivity contribution in [1.29, 1.82) is 0 Å². The van der Waals surface area contributed by atoms with Gasteiger partial charge in [-0.1, -0.05) is 35.0 Å². The molecule has 1 rings (SSSR count). The van der Waals surface area contributed by atoms with Crippen LogP contribution in [0.1, 0.15) is 37.8 Å². The predicted molar refractivity (Wildman–Crippen MR) is 74.6 cm³/mol. The van der Waals surface area contributed by atoms with Crippen molar-refractivity contribution in [3.8, 4) is 0 Å². The average molecular weight is 300 g/mol. The van der Waals surface area contributed by atoms with Crippen molar-refractivity contribution in [3.05, 3.63) is 46.7 Å². The summed E-state index contributed by atoms with van der Waals surface area (Å²) < 4.78 is 14.7. The van der Waals surface area contributed by atoms with Crippen LogP contribution in [-0.2, 0) is 0 Å². The lowest BCUT2D eigenvalue weighted by atomic mass is 10.0. The summed E-state index contributed by atoms with van der Waals surface area (Å²) in [5, 5.41) is 3.38. The zero-order valence-corrected chi connectivity index (χ0v) is 11.8. The van der Waals surface area contributed by atoms with Gasteiger partial charge in [-0.3, -0.25) is 0 Å². The average Bonchev–Trinajstić information content (AvgIpc) is 2.31. The highest BCUT2D eigenvalue weighted by Gasteiger charge is 2.17. The minimum atomic E-state index is -0.156. The molecule has 0 spiro atoms. The summed E-state index contributed by atoms with van der Waals surface area (Å²) in [6.45, 7) is 6.71. The van der Waals surface area contributed by atoms with Gasteiger partial charge in [0.1, 0.15) is 5.82 Å². The molecule has 0 radical (unpaired) electrons. The molecule has 1 aromatic carbocycles. The smallest absolute Gasteiger partial charge is 0.129 e. The van der Waals surface area contributed by atoms with Crippen LogP contribution in [0.5, 0.6) is 0 Å². The van der Waals surface area contributed by atoms with Crippen LogP contribution in [0.2, 0.25) is 0 Å². The van der Waals surface area contributed by atoms with Gasteiger partial charge in [0.05, 0.1) is 0 Å². The molecule has 0 fully saturated rings. The van der Waals surface area contributed by atoms with Crippen LogP contribution in [0.15, 0.2) is 35.3 Å². The Bertz CT molecular complexity index is 345. The van der Waals surface area contributed by atoms with Crippen LogP contribution < -0.4 is 5.32 Å². The van der Waals surface area contributed by atoms with E-state index in [-0.39, 0.29) is 11.9 Å². The second-order valence-electron chi connectivity index (χ2n) is 4.01. The van der Waals surface area contributed by atoms with Gasteiger partial charge >= 0.3 is 0 Å². The lowest BCUT2D eigenvalue weighted by Crippen LogP contribution is -2.23. The summed E-state index contributed by atoms with van der Waals surface area (Å²) in [6, 6.07) is 5.15. The first-order chi connectivity index (χ1) is 8.20. The number of rotatable bonds is 7. The Labute approximate surface area is 111 Å². The highest BCUT2D eigenvalue weighted by atomic mass is 79.9. The summed E-state index contributed by atoms with van der Waals surface area (Å²) in [4.78, 5) is 0. The largest absolute Gasteiger partial charge is 0.310 e. The van der Waals surface area contributed by atoms with Gasteiger partial charge in [-0.05, 0) is 37.9 Å². The molecule has 0 aromatic heterocycles. The SMILES string of the molecule is C=CCCC(NCCC)c1c(F)cccc1Br. The van der Waals surface area contributed by atoms with Crippen molar-refractivity contribution in [2.45, 2.75) is 32.2 Å². The number of benzene rings is 1. The van der Waals surface area contributed by atoms with Gasteiger partial charge in [0.15, 0.2) is 0 Å². The first-order valence-corrected chi connectivity index (χ1v) is 6.78. The van der Waals surface area contributed by atoms with Crippen molar-refractivity contribution in [1.82, 2.24) is 5.32 Å². The van der Waals surface area contributed by atoms with Gasteiger partial charge in [-0.25, -0.2) is 4.39 Å². The van der Waals surface area contributed by atoms with Gasteiger partial charge in [-0.2, -0.15) is 0 Å². The zero-order chi connectivity index (χ0) is 12.7. The molecule has 0 bridgehead atoms. The van der Waals surface area contributed by atoms with Gasteiger partial charge in [0.25, 0.3) is 0 Å². The Morgan fingerprint density at radius 1 is 1.53 bits per heavy atom. The van der Waals surface area contributed by atoms with E-state index in [0.717, 1.165) is 35.8 Å². The third-order valence-corrected chi connectivity index (χ3v) is 3.34. The summed E-state index contributed by atoms with van der Waals surface area (Å²) >= 11 is 3.43. The topological polar surface area (TPSA) is 12.0 Å². The molecule has 0 aliphatic carbocycles. The number of nitrogens with one attached hydrogen (secondary N) is 1. The van der Waals surface area contributed by atoms with Gasteiger partial charge < -0.3 is 5.32 Å². The van der Waals surface area contributed by atoms with E-state index in [0.29, 0.717) is 0 Å². The normalized spacial score (nSPS) is 12.4. The standard InChI is InChI=1S/C14H19BrFN/c1-3-5-9-13(17-10-4-2)14-11(15)7-6-8-12(14)16/h3,6-8,13,17H,1,4-5,9-10H2,2H3. The van der Waals surface area contributed by atoms with Crippen LogP contribution in [0.4, 0.5) is 4.39 Å². The van der Waals surface area contributed by atoms with Crippen molar-refractivity contribution in [3.63, 3.8) is 0 Å².